The molecule has 3 heterocycles. The fourth-order valence-corrected chi connectivity index (χ4v) is 6.09. The fraction of sp³-hybridized carbons (Fsp3) is 0.375. The second-order valence-electron chi connectivity index (χ2n) is 10.7. The monoisotopic (exact) mass is 542 g/mol. The first kappa shape index (κ1) is 27.3. The third kappa shape index (κ3) is 6.67. The predicted molar refractivity (Wildman–Crippen MR) is 161 cm³/mol. The zero-order valence-corrected chi connectivity index (χ0v) is 24.2. The zero-order valence-electron chi connectivity index (χ0n) is 23.4. The Morgan fingerprint density at radius 2 is 1.90 bits per heavy atom. The van der Waals surface area contributed by atoms with Gasteiger partial charge in [0.15, 0.2) is 0 Å². The maximum atomic E-state index is 13.4. The van der Waals surface area contributed by atoms with Crippen molar-refractivity contribution in [3.8, 4) is 16.3 Å². The summed E-state index contributed by atoms with van der Waals surface area (Å²) in [5, 5.41) is 4.30. The Hall–Kier alpha value is -3.26. The average molecular weight is 543 g/mol. The van der Waals surface area contributed by atoms with E-state index in [2.05, 4.69) is 39.4 Å². The minimum atomic E-state index is -0.203. The molecule has 39 heavy (non-hydrogen) atoms. The number of likely N-dealkylation sites (N-methyl/N-ethyl adjacent to an activating group) is 1. The Morgan fingerprint density at radius 1 is 1.10 bits per heavy atom. The summed E-state index contributed by atoms with van der Waals surface area (Å²) in [6.45, 7) is 8.77. The topological polar surface area (TPSA) is 57.7 Å². The Morgan fingerprint density at radius 3 is 2.69 bits per heavy atom. The van der Waals surface area contributed by atoms with Gasteiger partial charge in [0.05, 0.1) is 22.1 Å². The highest BCUT2D eigenvalue weighted by atomic mass is 32.1. The van der Waals surface area contributed by atoms with Gasteiger partial charge in [-0.1, -0.05) is 24.3 Å². The molecule has 204 valence electrons. The van der Waals surface area contributed by atoms with Crippen molar-refractivity contribution in [3.05, 3.63) is 82.2 Å². The summed E-state index contributed by atoms with van der Waals surface area (Å²) in [7, 11) is 4.03. The quantitative estimate of drug-likeness (QED) is 0.255. The smallest absolute Gasteiger partial charge is 0.252 e. The van der Waals surface area contributed by atoms with Gasteiger partial charge in [0.1, 0.15) is 12.4 Å². The van der Waals surface area contributed by atoms with Gasteiger partial charge in [-0.05, 0) is 101 Å². The first-order valence-corrected chi connectivity index (χ1v) is 14.6. The lowest BCUT2D eigenvalue weighted by atomic mass is 10.0. The third-order valence-electron chi connectivity index (χ3n) is 7.32. The number of hydrogen-bond donors (Lipinski definition) is 1. The van der Waals surface area contributed by atoms with Gasteiger partial charge in [-0.25, -0.2) is 4.98 Å². The van der Waals surface area contributed by atoms with Crippen molar-refractivity contribution in [2.24, 2.45) is 0 Å². The van der Waals surface area contributed by atoms with Crippen LogP contribution in [0, 0.1) is 6.92 Å². The van der Waals surface area contributed by atoms with Crippen LogP contribution in [0.25, 0.3) is 21.5 Å². The van der Waals surface area contributed by atoms with E-state index < -0.39 is 0 Å². The van der Waals surface area contributed by atoms with Crippen molar-refractivity contribution in [2.45, 2.75) is 39.3 Å². The van der Waals surface area contributed by atoms with Crippen LogP contribution in [0.15, 0.2) is 60.7 Å². The number of para-hydroxylation sites is 1. The van der Waals surface area contributed by atoms with Crippen molar-refractivity contribution < 1.29 is 9.53 Å². The minimum Gasteiger partial charge on any atom is -0.492 e. The third-order valence-corrected chi connectivity index (χ3v) is 8.41. The summed E-state index contributed by atoms with van der Waals surface area (Å²) in [5.41, 5.74) is 4.51. The molecule has 6 nitrogen and oxygen atoms in total. The largest absolute Gasteiger partial charge is 0.492 e. The van der Waals surface area contributed by atoms with E-state index in [9.17, 15) is 4.79 Å². The molecule has 1 aliphatic heterocycles. The Labute approximate surface area is 235 Å². The lowest BCUT2D eigenvalue weighted by molar-refractivity contribution is 0.0939. The molecule has 0 bridgehead atoms. The summed E-state index contributed by atoms with van der Waals surface area (Å²) < 4.78 is 5.89. The average Bonchev–Trinajstić information content (AvgIpc) is 3.61. The van der Waals surface area contributed by atoms with Crippen LogP contribution in [0.1, 0.15) is 52.2 Å². The number of carbonyl (C=O) groups is 1. The number of ether oxygens (including phenoxy) is 1. The molecule has 0 spiro atoms. The minimum absolute atomic E-state index is 0.107. The number of pyridine rings is 1. The molecule has 1 aliphatic rings. The number of hydrogen-bond acceptors (Lipinski definition) is 6. The number of thiophene rings is 1. The van der Waals surface area contributed by atoms with Gasteiger partial charge in [0, 0.05) is 28.9 Å². The second kappa shape index (κ2) is 12.3. The molecule has 1 fully saturated rings. The molecular weight excluding hydrogens is 504 g/mol. The predicted octanol–water partition coefficient (Wildman–Crippen LogP) is 6.30. The molecule has 4 aromatic rings. The number of aryl methyl sites for hydroxylation is 1. The molecule has 2 aromatic carbocycles. The van der Waals surface area contributed by atoms with Crippen molar-refractivity contribution in [3.63, 3.8) is 0 Å². The highest BCUT2D eigenvalue weighted by Gasteiger charge is 2.19. The van der Waals surface area contributed by atoms with E-state index >= 15 is 0 Å². The SMILES string of the molecule is Cc1ccc(OCCN(C)C)cc1C(=O)N[C@H](C)c1cc(-c2ccc(CN3CCCC3)s2)nc2ccccc12. The molecular formula is C32H38N4O2S. The lowest BCUT2D eigenvalue weighted by Gasteiger charge is -2.19. The van der Waals surface area contributed by atoms with Gasteiger partial charge in [-0.2, -0.15) is 0 Å². The standard InChI is InChI=1S/C32H38N4O2S/c1-22-11-12-24(38-18-17-35(3)4)19-27(22)32(37)33-23(2)28-20-30(34-29-10-6-5-9-26(28)29)31-14-13-25(39-31)21-36-15-7-8-16-36/h5-6,9-14,19-20,23H,7-8,15-18,21H2,1-4H3,(H,33,37)/t23-/m1/s1. The van der Waals surface area contributed by atoms with Crippen molar-refractivity contribution in [1.82, 2.24) is 20.1 Å². The van der Waals surface area contributed by atoms with Crippen molar-refractivity contribution >= 4 is 28.1 Å². The van der Waals surface area contributed by atoms with Gasteiger partial charge in [-0.3, -0.25) is 9.69 Å². The number of nitrogens with zero attached hydrogens (tertiary/aromatic N) is 3. The summed E-state index contributed by atoms with van der Waals surface area (Å²) in [6, 6.07) is 20.3. The number of aromatic nitrogens is 1. The Bertz CT molecular complexity index is 1440. The van der Waals surface area contributed by atoms with Gasteiger partial charge in [-0.15, -0.1) is 11.3 Å². The van der Waals surface area contributed by atoms with E-state index in [1.54, 1.807) is 0 Å². The molecule has 0 saturated carbocycles. The van der Waals surface area contributed by atoms with Gasteiger partial charge < -0.3 is 15.0 Å². The van der Waals surface area contributed by atoms with Crippen molar-refractivity contribution in [1.29, 1.82) is 0 Å². The first-order valence-electron chi connectivity index (χ1n) is 13.8. The van der Waals surface area contributed by atoms with Gasteiger partial charge in [0.25, 0.3) is 5.91 Å². The first-order chi connectivity index (χ1) is 18.9. The van der Waals surface area contributed by atoms with E-state index in [4.69, 9.17) is 9.72 Å². The lowest BCUT2D eigenvalue weighted by Crippen LogP contribution is -2.27. The second-order valence-corrected chi connectivity index (χ2v) is 11.9. The van der Waals surface area contributed by atoms with Crippen LogP contribution in [-0.4, -0.2) is 61.0 Å². The molecule has 1 saturated heterocycles. The van der Waals surface area contributed by atoms with Crippen molar-refractivity contribution in [2.75, 3.05) is 40.3 Å². The molecule has 0 radical (unpaired) electrons. The fourth-order valence-electron chi connectivity index (χ4n) is 5.08. The summed E-state index contributed by atoms with van der Waals surface area (Å²) >= 11 is 1.82. The molecule has 1 atom stereocenters. The van der Waals surface area contributed by atoms with Gasteiger partial charge >= 0.3 is 0 Å². The van der Waals surface area contributed by atoms with E-state index in [0.717, 1.165) is 45.7 Å². The molecule has 5 rings (SSSR count). The normalized spacial score (nSPS) is 14.7. The molecule has 1 amide bonds. The van der Waals surface area contributed by atoms with Crippen LogP contribution in [0.3, 0.4) is 0 Å². The maximum absolute atomic E-state index is 13.4. The van der Waals surface area contributed by atoms with Crippen LogP contribution < -0.4 is 10.1 Å². The summed E-state index contributed by atoms with van der Waals surface area (Å²) in [4.78, 5) is 25.6. The zero-order chi connectivity index (χ0) is 27.4. The van der Waals surface area contributed by atoms with Crippen LogP contribution in [0.2, 0.25) is 0 Å². The van der Waals surface area contributed by atoms with Gasteiger partial charge in [0.2, 0.25) is 0 Å². The number of fused-ring (bicyclic) bond motifs is 1. The van der Waals surface area contributed by atoms with Crippen LogP contribution >= 0.6 is 11.3 Å². The molecule has 0 unspecified atom stereocenters. The Kier molecular flexibility index (Phi) is 8.60. The molecule has 2 aromatic heterocycles. The number of benzene rings is 2. The summed E-state index contributed by atoms with van der Waals surface area (Å²) in [5.74, 6) is 0.601. The number of carbonyl (C=O) groups excluding carboxylic acids is 1. The summed E-state index contributed by atoms with van der Waals surface area (Å²) in [6.07, 6.45) is 2.59. The highest BCUT2D eigenvalue weighted by molar-refractivity contribution is 7.15. The maximum Gasteiger partial charge on any atom is 0.252 e. The number of rotatable bonds is 10. The highest BCUT2D eigenvalue weighted by Crippen LogP contribution is 2.33. The van der Waals surface area contributed by atoms with E-state index in [0.29, 0.717) is 17.9 Å². The number of likely N-dealkylation sites (tertiary alicyclic amines) is 1. The van der Waals surface area contributed by atoms with Crippen LogP contribution in [-0.2, 0) is 6.54 Å². The van der Waals surface area contributed by atoms with Crippen LogP contribution in [0.5, 0.6) is 5.75 Å². The van der Waals surface area contributed by atoms with E-state index in [1.807, 2.05) is 75.7 Å². The Balaban J connectivity index is 1.38. The van der Waals surface area contributed by atoms with E-state index in [1.165, 1.54) is 30.8 Å². The number of amides is 1. The molecule has 0 aliphatic carbocycles. The van der Waals surface area contributed by atoms with Crippen LogP contribution in [0.4, 0.5) is 0 Å². The molecule has 1 N–H and O–H groups in total. The number of nitrogens with one attached hydrogen (secondary N) is 1. The van der Waals surface area contributed by atoms with E-state index in [-0.39, 0.29) is 11.9 Å². The molecule has 7 heteroatoms.